The number of hydrazone groups is 1. The van der Waals surface area contributed by atoms with Crippen molar-refractivity contribution in [2.75, 3.05) is 5.43 Å². The number of nitrogens with one attached hydrogen (secondary N) is 2. The third-order valence-corrected chi connectivity index (χ3v) is 3.04. The van der Waals surface area contributed by atoms with Gasteiger partial charge in [-0.1, -0.05) is 42.5 Å². The van der Waals surface area contributed by atoms with Crippen LogP contribution in [0.1, 0.15) is 5.56 Å². The molecular formula is C17H13FN4O. The van der Waals surface area contributed by atoms with E-state index in [2.05, 4.69) is 20.5 Å². The summed E-state index contributed by atoms with van der Waals surface area (Å²) in [6.07, 6.45) is 1.44. The number of aromatic amines is 1. The van der Waals surface area contributed by atoms with Crippen LogP contribution in [0.25, 0.3) is 11.3 Å². The van der Waals surface area contributed by atoms with Gasteiger partial charge in [0.2, 0.25) is 5.95 Å². The molecule has 0 aliphatic carbocycles. The van der Waals surface area contributed by atoms with Crippen LogP contribution in [0.5, 0.6) is 0 Å². The molecule has 2 N–H and O–H groups in total. The normalized spacial score (nSPS) is 10.8. The zero-order valence-corrected chi connectivity index (χ0v) is 12.0. The summed E-state index contributed by atoms with van der Waals surface area (Å²) < 4.78 is 13.1. The highest BCUT2D eigenvalue weighted by Gasteiger charge is 2.02. The molecule has 0 saturated heterocycles. The molecule has 0 atom stereocenters. The van der Waals surface area contributed by atoms with Crippen LogP contribution >= 0.6 is 0 Å². The van der Waals surface area contributed by atoms with Gasteiger partial charge < -0.3 is 0 Å². The van der Waals surface area contributed by atoms with E-state index in [-0.39, 0.29) is 17.3 Å². The van der Waals surface area contributed by atoms with E-state index >= 15 is 0 Å². The van der Waals surface area contributed by atoms with Crippen LogP contribution in [0, 0.1) is 5.82 Å². The molecule has 3 rings (SSSR count). The predicted molar refractivity (Wildman–Crippen MR) is 87.9 cm³/mol. The summed E-state index contributed by atoms with van der Waals surface area (Å²) >= 11 is 0. The van der Waals surface area contributed by atoms with Crippen LogP contribution in [0.3, 0.4) is 0 Å². The standard InChI is InChI=1S/C17H13FN4O/c18-14-8-4-5-12(9-14)11-19-22-17-20-15(10-16(23)21-17)13-6-2-1-3-7-13/h1-11H,(H2,20,21,22,23)/b19-11-. The summed E-state index contributed by atoms with van der Waals surface area (Å²) in [5.74, 6) is -0.129. The quantitative estimate of drug-likeness (QED) is 0.575. The monoisotopic (exact) mass is 308 g/mol. The molecule has 0 aliphatic heterocycles. The van der Waals surface area contributed by atoms with E-state index in [0.717, 1.165) is 5.56 Å². The number of benzene rings is 2. The molecule has 0 fully saturated rings. The number of hydrogen-bond donors (Lipinski definition) is 2. The Kier molecular flexibility index (Phi) is 4.24. The van der Waals surface area contributed by atoms with E-state index in [1.165, 1.54) is 24.4 Å². The maximum atomic E-state index is 13.1. The van der Waals surface area contributed by atoms with Crippen LogP contribution in [-0.4, -0.2) is 16.2 Å². The van der Waals surface area contributed by atoms with E-state index in [4.69, 9.17) is 0 Å². The Bertz CT molecular complexity index is 890. The van der Waals surface area contributed by atoms with E-state index < -0.39 is 0 Å². The third-order valence-electron chi connectivity index (χ3n) is 3.04. The smallest absolute Gasteiger partial charge is 0.252 e. The zero-order chi connectivity index (χ0) is 16.1. The van der Waals surface area contributed by atoms with Gasteiger partial charge in [0, 0.05) is 11.6 Å². The first-order chi connectivity index (χ1) is 11.2. The fourth-order valence-corrected chi connectivity index (χ4v) is 2.02. The molecule has 0 aliphatic rings. The van der Waals surface area contributed by atoms with Crippen molar-refractivity contribution in [3.8, 4) is 11.3 Å². The summed E-state index contributed by atoms with van der Waals surface area (Å²) in [6, 6.07) is 16.8. The SMILES string of the molecule is O=c1cc(-c2ccccc2)nc(N/N=C\c2cccc(F)c2)[nH]1. The van der Waals surface area contributed by atoms with Crippen molar-refractivity contribution in [1.82, 2.24) is 9.97 Å². The average Bonchev–Trinajstić information content (AvgIpc) is 2.55. The van der Waals surface area contributed by atoms with Gasteiger partial charge in [0.25, 0.3) is 5.56 Å². The second kappa shape index (κ2) is 6.65. The lowest BCUT2D eigenvalue weighted by molar-refractivity contribution is 0.627. The minimum absolute atomic E-state index is 0.212. The van der Waals surface area contributed by atoms with Crippen LogP contribution < -0.4 is 11.0 Å². The lowest BCUT2D eigenvalue weighted by atomic mass is 10.1. The minimum atomic E-state index is -0.341. The maximum Gasteiger partial charge on any atom is 0.252 e. The maximum absolute atomic E-state index is 13.1. The van der Waals surface area contributed by atoms with E-state index in [1.54, 1.807) is 12.1 Å². The Balaban J connectivity index is 1.81. The first kappa shape index (κ1) is 14.6. The van der Waals surface area contributed by atoms with Gasteiger partial charge in [-0.2, -0.15) is 5.10 Å². The molecule has 0 bridgehead atoms. The zero-order valence-electron chi connectivity index (χ0n) is 12.0. The molecule has 3 aromatic rings. The number of anilines is 1. The molecule has 0 saturated carbocycles. The highest BCUT2D eigenvalue weighted by molar-refractivity contribution is 5.79. The van der Waals surface area contributed by atoms with Crippen molar-refractivity contribution >= 4 is 12.2 Å². The summed E-state index contributed by atoms with van der Waals surface area (Å²) in [5.41, 5.74) is 4.32. The molecule has 5 nitrogen and oxygen atoms in total. The minimum Gasteiger partial charge on any atom is -0.291 e. The van der Waals surface area contributed by atoms with E-state index in [0.29, 0.717) is 11.3 Å². The second-order valence-electron chi connectivity index (χ2n) is 4.77. The molecule has 0 unspecified atom stereocenters. The molecular weight excluding hydrogens is 295 g/mol. The van der Waals surface area contributed by atoms with Gasteiger partial charge in [-0.3, -0.25) is 9.78 Å². The van der Waals surface area contributed by atoms with Crippen LogP contribution in [-0.2, 0) is 0 Å². The number of halogens is 1. The molecule has 2 aromatic carbocycles. The Morgan fingerprint density at radius 1 is 1.09 bits per heavy atom. The van der Waals surface area contributed by atoms with Crippen molar-refractivity contribution in [2.24, 2.45) is 5.10 Å². The van der Waals surface area contributed by atoms with Crippen LogP contribution in [0.15, 0.2) is 70.6 Å². The van der Waals surface area contributed by atoms with Crippen molar-refractivity contribution in [1.29, 1.82) is 0 Å². The third kappa shape index (κ3) is 3.88. The summed E-state index contributed by atoms with van der Waals surface area (Å²) in [4.78, 5) is 18.6. The number of H-pyrrole nitrogens is 1. The topological polar surface area (TPSA) is 70.1 Å². The first-order valence-electron chi connectivity index (χ1n) is 6.92. The lowest BCUT2D eigenvalue weighted by Gasteiger charge is -2.03. The van der Waals surface area contributed by atoms with Gasteiger partial charge in [0.05, 0.1) is 11.9 Å². The predicted octanol–water partition coefficient (Wildman–Crippen LogP) is 3.02. The van der Waals surface area contributed by atoms with Crippen molar-refractivity contribution in [2.45, 2.75) is 0 Å². The van der Waals surface area contributed by atoms with Gasteiger partial charge in [-0.05, 0) is 17.7 Å². The van der Waals surface area contributed by atoms with E-state index in [1.807, 2.05) is 30.3 Å². The fourth-order valence-electron chi connectivity index (χ4n) is 2.02. The highest BCUT2D eigenvalue weighted by atomic mass is 19.1. The highest BCUT2D eigenvalue weighted by Crippen LogP contribution is 2.15. The van der Waals surface area contributed by atoms with Crippen molar-refractivity contribution < 1.29 is 4.39 Å². The number of rotatable bonds is 4. The van der Waals surface area contributed by atoms with Gasteiger partial charge in [0.15, 0.2) is 0 Å². The Morgan fingerprint density at radius 2 is 1.91 bits per heavy atom. The lowest BCUT2D eigenvalue weighted by Crippen LogP contribution is -2.10. The number of hydrogen-bond acceptors (Lipinski definition) is 4. The summed E-state index contributed by atoms with van der Waals surface area (Å²) in [5, 5.41) is 3.95. The first-order valence-corrected chi connectivity index (χ1v) is 6.92. The average molecular weight is 308 g/mol. The van der Waals surface area contributed by atoms with Gasteiger partial charge in [-0.15, -0.1) is 0 Å². The fraction of sp³-hybridized carbons (Fsp3) is 0. The molecule has 1 heterocycles. The molecule has 23 heavy (non-hydrogen) atoms. The van der Waals surface area contributed by atoms with Crippen molar-refractivity contribution in [3.05, 3.63) is 82.4 Å². The van der Waals surface area contributed by atoms with Crippen LogP contribution in [0.4, 0.5) is 10.3 Å². The Morgan fingerprint density at radius 3 is 2.70 bits per heavy atom. The Labute approximate surface area is 131 Å². The largest absolute Gasteiger partial charge is 0.291 e. The molecule has 1 aromatic heterocycles. The summed E-state index contributed by atoms with van der Waals surface area (Å²) in [6.45, 7) is 0. The van der Waals surface area contributed by atoms with Crippen molar-refractivity contribution in [3.63, 3.8) is 0 Å². The number of nitrogens with zero attached hydrogens (tertiary/aromatic N) is 2. The second-order valence-corrected chi connectivity index (χ2v) is 4.77. The van der Waals surface area contributed by atoms with Gasteiger partial charge in [0.1, 0.15) is 5.82 Å². The van der Waals surface area contributed by atoms with Gasteiger partial charge in [-0.25, -0.2) is 14.8 Å². The number of aromatic nitrogens is 2. The molecule has 114 valence electrons. The Hall–Kier alpha value is -3.28. The molecule has 0 radical (unpaired) electrons. The molecule has 0 amide bonds. The van der Waals surface area contributed by atoms with Gasteiger partial charge >= 0.3 is 0 Å². The molecule has 6 heteroatoms. The van der Waals surface area contributed by atoms with Crippen LogP contribution in [0.2, 0.25) is 0 Å². The van der Waals surface area contributed by atoms with E-state index in [9.17, 15) is 9.18 Å². The molecule has 0 spiro atoms. The summed E-state index contributed by atoms with van der Waals surface area (Å²) in [7, 11) is 0.